The Morgan fingerprint density at radius 1 is 0.860 bits per heavy atom. The molecule has 3 heterocycles. The molecule has 0 aliphatic carbocycles. The number of nitrogens with two attached hydrogens (primary N) is 1. The van der Waals surface area contributed by atoms with Gasteiger partial charge in [0.2, 0.25) is 12.2 Å². The zero-order valence-corrected chi connectivity index (χ0v) is 23.4. The predicted octanol–water partition coefficient (Wildman–Crippen LogP) is -4.99. The monoisotopic (exact) mass is 620 g/mol. The maximum Gasteiger partial charge on any atom is 0.229 e. The van der Waals surface area contributed by atoms with E-state index in [2.05, 4.69) is 5.32 Å². The first kappa shape index (κ1) is 33.7. The third kappa shape index (κ3) is 7.36. The summed E-state index contributed by atoms with van der Waals surface area (Å²) >= 11 is 0. The molecule has 3 saturated heterocycles. The maximum absolute atomic E-state index is 11.7. The van der Waals surface area contributed by atoms with E-state index in [1.807, 2.05) is 0 Å². The van der Waals surface area contributed by atoms with Crippen LogP contribution in [0.15, 0.2) is 24.3 Å². The average Bonchev–Trinajstić information content (AvgIpc) is 3.26. The summed E-state index contributed by atoms with van der Waals surface area (Å²) in [6.45, 7) is 0.440. The van der Waals surface area contributed by atoms with Gasteiger partial charge in [0, 0.05) is 13.3 Å². The van der Waals surface area contributed by atoms with Crippen LogP contribution >= 0.6 is 0 Å². The largest absolute Gasteiger partial charge is 0.497 e. The molecule has 0 saturated carbocycles. The molecule has 3 aliphatic rings. The van der Waals surface area contributed by atoms with Gasteiger partial charge in [-0.15, -0.1) is 0 Å². The van der Waals surface area contributed by atoms with Crippen LogP contribution in [0.1, 0.15) is 13.3 Å². The summed E-state index contributed by atoms with van der Waals surface area (Å²) in [6.07, 6.45) is -20.2. The molecule has 43 heavy (non-hydrogen) atoms. The van der Waals surface area contributed by atoms with Gasteiger partial charge in [-0.2, -0.15) is 0 Å². The van der Waals surface area contributed by atoms with Crippen molar-refractivity contribution in [3.63, 3.8) is 0 Å². The van der Waals surface area contributed by atoms with Crippen LogP contribution in [0.5, 0.6) is 11.5 Å². The number of carbonyl (C=O) groups excluding carboxylic acids is 1. The predicted molar refractivity (Wildman–Crippen MR) is 140 cm³/mol. The van der Waals surface area contributed by atoms with Crippen LogP contribution in [0, 0.1) is 0 Å². The molecule has 0 spiro atoms. The zero-order valence-electron chi connectivity index (χ0n) is 23.4. The standard InChI is InChI=1S/C26H40N2O15/c1-9(30)28-16-20(35)18(33)14(8-29)41-25(16)43-24-15(27)19(34)17(32)13(40-24)7-12(31)23-21(36)22(37)26(42-23)39-11-5-3-10(38-2)4-6-11/h3-6,12-26,29,31-37H,7-8,27H2,1-2H3,(H,28,30)/t12-,13-,14+,15?,16?,17?,18?,19?,20?,21+,22-,23?,24+,25-,26-/m1/s1. The fourth-order valence-corrected chi connectivity index (χ4v) is 5.24. The second-order valence-corrected chi connectivity index (χ2v) is 10.7. The number of methoxy groups -OCH3 is 1. The fourth-order valence-electron chi connectivity index (χ4n) is 5.24. The Hall–Kier alpha value is -2.23. The van der Waals surface area contributed by atoms with Crippen LogP contribution in [0.2, 0.25) is 0 Å². The van der Waals surface area contributed by atoms with Crippen molar-refractivity contribution < 1.29 is 74.1 Å². The number of aliphatic hydroxyl groups is 8. The second-order valence-electron chi connectivity index (χ2n) is 10.7. The first-order chi connectivity index (χ1) is 20.4. The van der Waals surface area contributed by atoms with Crippen molar-refractivity contribution in [2.24, 2.45) is 5.73 Å². The van der Waals surface area contributed by atoms with E-state index in [9.17, 15) is 45.6 Å². The molecule has 17 heteroatoms. The van der Waals surface area contributed by atoms with E-state index in [1.165, 1.54) is 7.11 Å². The van der Waals surface area contributed by atoms with Gasteiger partial charge in [0.1, 0.15) is 66.4 Å². The van der Waals surface area contributed by atoms with Crippen LogP contribution in [-0.4, -0.2) is 152 Å². The number of aliphatic hydroxyl groups excluding tert-OH is 8. The molecule has 3 fully saturated rings. The van der Waals surface area contributed by atoms with Crippen LogP contribution in [-0.2, 0) is 23.7 Å². The number of hydrogen-bond donors (Lipinski definition) is 10. The number of hydrogen-bond acceptors (Lipinski definition) is 16. The molecule has 0 bridgehead atoms. The average molecular weight is 621 g/mol. The molecule has 1 aromatic carbocycles. The smallest absolute Gasteiger partial charge is 0.229 e. The second kappa shape index (κ2) is 14.2. The van der Waals surface area contributed by atoms with E-state index in [0.29, 0.717) is 11.5 Å². The molecule has 1 amide bonds. The lowest BCUT2D eigenvalue weighted by Gasteiger charge is -2.46. The van der Waals surface area contributed by atoms with Crippen LogP contribution in [0.4, 0.5) is 0 Å². The molecule has 0 radical (unpaired) electrons. The topological polar surface area (TPSA) is 272 Å². The van der Waals surface area contributed by atoms with Crippen LogP contribution in [0.3, 0.4) is 0 Å². The van der Waals surface area contributed by atoms with E-state index in [0.717, 1.165) is 6.92 Å². The fraction of sp³-hybridized carbons (Fsp3) is 0.731. The van der Waals surface area contributed by atoms with Crippen molar-refractivity contribution in [1.82, 2.24) is 5.32 Å². The lowest BCUT2D eigenvalue weighted by molar-refractivity contribution is -0.345. The number of carbonyl (C=O) groups is 1. The van der Waals surface area contributed by atoms with E-state index in [4.69, 9.17) is 34.2 Å². The highest BCUT2D eigenvalue weighted by Crippen LogP contribution is 2.32. The molecule has 15 atom stereocenters. The number of benzene rings is 1. The number of ether oxygens (including phenoxy) is 6. The van der Waals surface area contributed by atoms with E-state index < -0.39 is 111 Å². The summed E-state index contributed by atoms with van der Waals surface area (Å²) in [5.41, 5.74) is 6.02. The highest BCUT2D eigenvalue weighted by Gasteiger charge is 2.52. The van der Waals surface area contributed by atoms with Gasteiger partial charge >= 0.3 is 0 Å². The van der Waals surface area contributed by atoms with Crippen molar-refractivity contribution in [3.05, 3.63) is 24.3 Å². The summed E-state index contributed by atoms with van der Waals surface area (Å²) in [7, 11) is 1.49. The van der Waals surface area contributed by atoms with Gasteiger partial charge in [-0.25, -0.2) is 0 Å². The number of nitrogens with one attached hydrogen (secondary N) is 1. The SMILES string of the molecule is COc1ccc(O[C@@H]2OC([C@H](O)C[C@H]3O[C@@H](O[C@H]4O[C@@H](CO)C(O)C(O)C4NC(C)=O)C(N)C(O)C3O)[C@@H](O)[C@H]2O)cc1. The highest BCUT2D eigenvalue weighted by molar-refractivity contribution is 5.73. The summed E-state index contributed by atoms with van der Waals surface area (Å²) in [5, 5.41) is 85.9. The van der Waals surface area contributed by atoms with Crippen molar-refractivity contribution in [1.29, 1.82) is 0 Å². The molecule has 244 valence electrons. The number of amides is 1. The Labute approximate surface area is 246 Å². The molecule has 4 rings (SSSR count). The van der Waals surface area contributed by atoms with Gasteiger partial charge in [-0.1, -0.05) is 0 Å². The normalized spacial score (nSPS) is 42.3. The van der Waals surface area contributed by atoms with Gasteiger partial charge in [-0.05, 0) is 24.3 Å². The van der Waals surface area contributed by atoms with E-state index >= 15 is 0 Å². The summed E-state index contributed by atoms with van der Waals surface area (Å²) in [6, 6.07) is 3.59. The van der Waals surface area contributed by atoms with Gasteiger partial charge < -0.3 is 80.3 Å². The minimum Gasteiger partial charge on any atom is -0.497 e. The van der Waals surface area contributed by atoms with Crippen LogP contribution in [0.25, 0.3) is 0 Å². The lowest BCUT2D eigenvalue weighted by Crippen LogP contribution is -2.68. The van der Waals surface area contributed by atoms with Crippen LogP contribution < -0.4 is 20.5 Å². The van der Waals surface area contributed by atoms with Crippen molar-refractivity contribution >= 4 is 5.91 Å². The Bertz CT molecular complexity index is 1050. The third-order valence-corrected chi connectivity index (χ3v) is 7.69. The van der Waals surface area contributed by atoms with Crippen molar-refractivity contribution in [2.75, 3.05) is 13.7 Å². The minimum absolute atomic E-state index is 0.291. The maximum atomic E-state index is 11.7. The summed E-state index contributed by atoms with van der Waals surface area (Å²) in [4.78, 5) is 11.7. The molecule has 7 unspecified atom stereocenters. The zero-order chi connectivity index (χ0) is 31.6. The Morgan fingerprint density at radius 3 is 2.07 bits per heavy atom. The Balaban J connectivity index is 1.43. The lowest BCUT2D eigenvalue weighted by atomic mass is 9.91. The first-order valence-electron chi connectivity index (χ1n) is 13.7. The Morgan fingerprint density at radius 2 is 1.47 bits per heavy atom. The summed E-state index contributed by atoms with van der Waals surface area (Å²) in [5.74, 6) is 0.248. The Kier molecular flexibility index (Phi) is 11.2. The molecule has 3 aliphatic heterocycles. The van der Waals surface area contributed by atoms with Gasteiger partial charge in [0.15, 0.2) is 12.6 Å². The minimum atomic E-state index is -1.66. The number of rotatable bonds is 10. The van der Waals surface area contributed by atoms with Gasteiger partial charge in [0.25, 0.3) is 0 Å². The van der Waals surface area contributed by atoms with E-state index in [-0.39, 0.29) is 0 Å². The molecular formula is C26H40N2O15. The van der Waals surface area contributed by atoms with Crippen molar-refractivity contribution in [2.45, 2.75) is 105 Å². The highest BCUT2D eigenvalue weighted by atomic mass is 16.8. The van der Waals surface area contributed by atoms with E-state index in [1.54, 1.807) is 24.3 Å². The molecule has 1 aromatic rings. The third-order valence-electron chi connectivity index (χ3n) is 7.69. The summed E-state index contributed by atoms with van der Waals surface area (Å²) < 4.78 is 33.3. The van der Waals surface area contributed by atoms with Crippen molar-refractivity contribution in [3.8, 4) is 11.5 Å². The molecule has 11 N–H and O–H groups in total. The van der Waals surface area contributed by atoms with Gasteiger partial charge in [-0.3, -0.25) is 4.79 Å². The first-order valence-corrected chi connectivity index (χ1v) is 13.7. The van der Waals surface area contributed by atoms with Gasteiger partial charge in [0.05, 0.1) is 32.0 Å². The molecule has 0 aromatic heterocycles. The molecular weight excluding hydrogens is 580 g/mol. The molecule has 17 nitrogen and oxygen atoms in total. The quantitative estimate of drug-likeness (QED) is 0.117.